The van der Waals surface area contributed by atoms with Crippen LogP contribution in [0.25, 0.3) is 0 Å². The Morgan fingerprint density at radius 3 is 3.11 bits per heavy atom. The van der Waals surface area contributed by atoms with Crippen LogP contribution in [0.4, 0.5) is 5.69 Å². The van der Waals surface area contributed by atoms with Gasteiger partial charge in [0, 0.05) is 24.8 Å². The minimum Gasteiger partial charge on any atom is -0.465 e. The number of ether oxygens (including phenoxy) is 2. The summed E-state index contributed by atoms with van der Waals surface area (Å²) in [4.78, 5) is 12.2. The van der Waals surface area contributed by atoms with Gasteiger partial charge in [-0.25, -0.2) is 0 Å². The number of rotatable bonds is 3. The Kier molecular flexibility index (Phi) is 3.69. The molecule has 2 atom stereocenters. The molecule has 2 unspecified atom stereocenters. The van der Waals surface area contributed by atoms with E-state index in [1.54, 1.807) is 0 Å². The zero-order valence-electron chi connectivity index (χ0n) is 10.9. The van der Waals surface area contributed by atoms with Gasteiger partial charge in [0.05, 0.1) is 19.1 Å². The van der Waals surface area contributed by atoms with Crippen LogP contribution in [0.5, 0.6) is 0 Å². The summed E-state index contributed by atoms with van der Waals surface area (Å²) in [5.41, 5.74) is 2.11. The van der Waals surface area contributed by atoms with Crippen LogP contribution >= 0.6 is 0 Å². The molecule has 0 bridgehead atoms. The summed E-state index contributed by atoms with van der Waals surface area (Å²) in [5, 5.41) is 3.32. The van der Waals surface area contributed by atoms with E-state index in [0.29, 0.717) is 12.5 Å². The maximum Gasteiger partial charge on any atom is 0.313 e. The van der Waals surface area contributed by atoms with E-state index < -0.39 is 0 Å². The maximum atomic E-state index is 12.2. The number of fused-ring (bicyclic) bond motifs is 1. The fraction of sp³-hybridized carbons (Fsp3) is 0.533. The smallest absolute Gasteiger partial charge is 0.313 e. The van der Waals surface area contributed by atoms with E-state index in [-0.39, 0.29) is 11.9 Å². The number of carbonyl (C=O) groups is 1. The van der Waals surface area contributed by atoms with Gasteiger partial charge in [0.1, 0.15) is 0 Å². The second kappa shape index (κ2) is 5.61. The number of nitrogens with one attached hydrogen (secondary N) is 1. The van der Waals surface area contributed by atoms with Gasteiger partial charge in [-0.05, 0) is 24.5 Å². The van der Waals surface area contributed by atoms with Crippen molar-refractivity contribution >= 4 is 11.7 Å². The first kappa shape index (κ1) is 12.5. The van der Waals surface area contributed by atoms with E-state index >= 15 is 0 Å². The predicted octanol–water partition coefficient (Wildman–Crippen LogP) is 2.17. The molecule has 1 N–H and O–H groups in total. The van der Waals surface area contributed by atoms with Gasteiger partial charge in [-0.15, -0.1) is 0 Å². The average Bonchev–Trinajstić information content (AvgIpc) is 2.97. The van der Waals surface area contributed by atoms with Crippen LogP contribution in [0, 0.1) is 5.92 Å². The van der Waals surface area contributed by atoms with Crippen molar-refractivity contribution in [3.63, 3.8) is 0 Å². The molecule has 1 fully saturated rings. The molecule has 1 saturated heterocycles. The third-order valence-corrected chi connectivity index (χ3v) is 3.85. The van der Waals surface area contributed by atoms with Crippen molar-refractivity contribution in [3.8, 4) is 0 Å². The lowest BCUT2D eigenvalue weighted by Gasteiger charge is -2.25. The van der Waals surface area contributed by atoms with Crippen molar-refractivity contribution in [2.75, 3.05) is 31.7 Å². The summed E-state index contributed by atoms with van der Waals surface area (Å²) in [7, 11) is 0. The minimum absolute atomic E-state index is 0.0964. The molecule has 19 heavy (non-hydrogen) atoms. The lowest BCUT2D eigenvalue weighted by molar-refractivity contribution is -0.147. The topological polar surface area (TPSA) is 47.6 Å². The first-order valence-corrected chi connectivity index (χ1v) is 6.92. The van der Waals surface area contributed by atoms with Crippen LogP contribution in [-0.4, -0.2) is 32.3 Å². The molecule has 0 aromatic heterocycles. The van der Waals surface area contributed by atoms with Crippen LogP contribution < -0.4 is 5.32 Å². The molecule has 0 radical (unpaired) electrons. The van der Waals surface area contributed by atoms with Gasteiger partial charge in [0.15, 0.2) is 0 Å². The quantitative estimate of drug-likeness (QED) is 0.847. The van der Waals surface area contributed by atoms with Crippen molar-refractivity contribution in [1.29, 1.82) is 0 Å². The van der Waals surface area contributed by atoms with E-state index in [1.807, 2.05) is 24.3 Å². The van der Waals surface area contributed by atoms with Crippen LogP contribution in [0.2, 0.25) is 0 Å². The molecule has 2 heterocycles. The van der Waals surface area contributed by atoms with Gasteiger partial charge in [0.25, 0.3) is 0 Å². The highest BCUT2D eigenvalue weighted by atomic mass is 16.5. The second-order valence-electron chi connectivity index (χ2n) is 5.21. The number of carbonyl (C=O) groups excluding carboxylic acids is 1. The molecule has 4 heteroatoms. The molecule has 3 rings (SSSR count). The van der Waals surface area contributed by atoms with Crippen LogP contribution in [0.15, 0.2) is 24.3 Å². The average molecular weight is 261 g/mol. The molecular weight excluding hydrogens is 242 g/mol. The Morgan fingerprint density at radius 1 is 1.37 bits per heavy atom. The Labute approximate surface area is 113 Å². The summed E-state index contributed by atoms with van der Waals surface area (Å²) >= 11 is 0. The zero-order chi connectivity index (χ0) is 13.1. The summed E-state index contributed by atoms with van der Waals surface area (Å²) < 4.78 is 10.8. The van der Waals surface area contributed by atoms with Crippen molar-refractivity contribution in [2.45, 2.75) is 18.8 Å². The van der Waals surface area contributed by atoms with Crippen molar-refractivity contribution in [3.05, 3.63) is 29.8 Å². The largest absolute Gasteiger partial charge is 0.465 e. The first-order chi connectivity index (χ1) is 9.34. The lowest BCUT2D eigenvalue weighted by atomic mass is 9.91. The van der Waals surface area contributed by atoms with Gasteiger partial charge >= 0.3 is 5.97 Å². The molecular formula is C15H19NO3. The standard InChI is InChI=1S/C15H19NO3/c17-15(19-10-11-6-8-18-9-11)13-5-7-16-14-4-2-1-3-12(13)14/h1-4,11,13,16H,5-10H2. The maximum absolute atomic E-state index is 12.2. The Hall–Kier alpha value is -1.55. The third-order valence-electron chi connectivity index (χ3n) is 3.85. The molecule has 0 aliphatic carbocycles. The lowest BCUT2D eigenvalue weighted by Crippen LogP contribution is -2.26. The molecule has 1 aromatic rings. The molecule has 2 aliphatic rings. The SMILES string of the molecule is O=C(OCC1CCOC1)C1CCNc2ccccc21. The van der Waals surface area contributed by atoms with Crippen molar-refractivity contribution in [2.24, 2.45) is 5.92 Å². The van der Waals surface area contributed by atoms with Crippen molar-refractivity contribution < 1.29 is 14.3 Å². The monoisotopic (exact) mass is 261 g/mol. The zero-order valence-corrected chi connectivity index (χ0v) is 10.9. The Balaban J connectivity index is 1.64. The fourth-order valence-corrected chi connectivity index (χ4v) is 2.73. The number of esters is 1. The Bertz CT molecular complexity index is 454. The van der Waals surface area contributed by atoms with Gasteiger partial charge in [0.2, 0.25) is 0 Å². The minimum atomic E-state index is -0.125. The summed E-state index contributed by atoms with van der Waals surface area (Å²) in [6.45, 7) is 2.82. The van der Waals surface area contributed by atoms with E-state index in [4.69, 9.17) is 9.47 Å². The molecule has 4 nitrogen and oxygen atoms in total. The van der Waals surface area contributed by atoms with E-state index in [9.17, 15) is 4.79 Å². The second-order valence-corrected chi connectivity index (χ2v) is 5.21. The van der Waals surface area contributed by atoms with Crippen molar-refractivity contribution in [1.82, 2.24) is 0 Å². The van der Waals surface area contributed by atoms with Crippen LogP contribution in [0.3, 0.4) is 0 Å². The summed E-state index contributed by atoms with van der Waals surface area (Å²) in [5.74, 6) is 0.154. The number of hydrogen-bond acceptors (Lipinski definition) is 4. The summed E-state index contributed by atoms with van der Waals surface area (Å²) in [6, 6.07) is 7.97. The molecule has 102 valence electrons. The van der Waals surface area contributed by atoms with Crippen LogP contribution in [-0.2, 0) is 14.3 Å². The number of hydrogen-bond donors (Lipinski definition) is 1. The number of benzene rings is 1. The van der Waals surface area contributed by atoms with E-state index in [2.05, 4.69) is 5.32 Å². The van der Waals surface area contributed by atoms with Crippen LogP contribution in [0.1, 0.15) is 24.3 Å². The fourth-order valence-electron chi connectivity index (χ4n) is 2.73. The highest BCUT2D eigenvalue weighted by molar-refractivity contribution is 5.81. The normalized spacial score (nSPS) is 25.5. The number of anilines is 1. The first-order valence-electron chi connectivity index (χ1n) is 6.92. The Morgan fingerprint density at radius 2 is 2.26 bits per heavy atom. The van der Waals surface area contributed by atoms with Gasteiger partial charge < -0.3 is 14.8 Å². The molecule has 1 aromatic carbocycles. The van der Waals surface area contributed by atoms with E-state index in [1.165, 1.54) is 0 Å². The van der Waals surface area contributed by atoms with Gasteiger partial charge in [-0.1, -0.05) is 18.2 Å². The van der Waals surface area contributed by atoms with Gasteiger partial charge in [-0.3, -0.25) is 4.79 Å². The summed E-state index contributed by atoms with van der Waals surface area (Å²) in [6.07, 6.45) is 1.80. The number of para-hydroxylation sites is 1. The van der Waals surface area contributed by atoms with E-state index in [0.717, 1.165) is 43.9 Å². The molecule has 2 aliphatic heterocycles. The third kappa shape index (κ3) is 2.73. The highest BCUT2D eigenvalue weighted by Gasteiger charge is 2.28. The molecule has 0 amide bonds. The van der Waals surface area contributed by atoms with Gasteiger partial charge in [-0.2, -0.15) is 0 Å². The molecule has 0 saturated carbocycles. The molecule has 0 spiro atoms. The highest BCUT2D eigenvalue weighted by Crippen LogP contribution is 2.32. The predicted molar refractivity (Wildman–Crippen MR) is 72.2 cm³/mol.